The second kappa shape index (κ2) is 5.56. The second-order valence-electron chi connectivity index (χ2n) is 4.87. The van der Waals surface area contributed by atoms with Crippen molar-refractivity contribution >= 4 is 17.4 Å². The molecule has 0 bridgehead atoms. The van der Waals surface area contributed by atoms with Crippen LogP contribution < -0.4 is 11.1 Å². The third-order valence-corrected chi connectivity index (χ3v) is 2.65. The Labute approximate surface area is 112 Å². The van der Waals surface area contributed by atoms with E-state index in [4.69, 9.17) is 5.73 Å². The van der Waals surface area contributed by atoms with Gasteiger partial charge in [0.25, 0.3) is 5.91 Å². The molecule has 1 amide bonds. The van der Waals surface area contributed by atoms with Crippen LogP contribution in [-0.4, -0.2) is 15.7 Å². The molecule has 1 aromatic carbocycles. The highest BCUT2D eigenvalue weighted by molar-refractivity contribution is 6.04. The number of carbonyl (C=O) groups excluding carboxylic acids is 1. The summed E-state index contributed by atoms with van der Waals surface area (Å²) in [5.74, 6) is 0.974. The Balaban J connectivity index is 2.13. The normalized spacial score (nSPS) is 10.7. The number of carbonyl (C=O) groups is 1. The SMILES string of the molecule is CC(C)Cn1nccc1NC(=O)c1cccc(N)c1. The maximum atomic E-state index is 12.1. The van der Waals surface area contributed by atoms with Gasteiger partial charge in [-0.1, -0.05) is 19.9 Å². The van der Waals surface area contributed by atoms with Gasteiger partial charge in [-0.05, 0) is 24.1 Å². The summed E-state index contributed by atoms with van der Waals surface area (Å²) in [6.45, 7) is 4.97. The highest BCUT2D eigenvalue weighted by Crippen LogP contribution is 2.12. The molecule has 5 heteroatoms. The zero-order valence-electron chi connectivity index (χ0n) is 11.1. The van der Waals surface area contributed by atoms with Crippen LogP contribution in [0.3, 0.4) is 0 Å². The lowest BCUT2D eigenvalue weighted by molar-refractivity contribution is 0.102. The van der Waals surface area contributed by atoms with Crippen LogP contribution in [-0.2, 0) is 6.54 Å². The molecule has 0 aliphatic carbocycles. The number of hydrogen-bond acceptors (Lipinski definition) is 3. The number of hydrogen-bond donors (Lipinski definition) is 2. The van der Waals surface area contributed by atoms with E-state index in [0.29, 0.717) is 23.0 Å². The van der Waals surface area contributed by atoms with Crippen molar-refractivity contribution in [3.8, 4) is 0 Å². The predicted octanol–water partition coefficient (Wildman–Crippen LogP) is 2.37. The molecule has 0 radical (unpaired) electrons. The maximum absolute atomic E-state index is 12.1. The molecule has 0 aliphatic heterocycles. The summed E-state index contributed by atoms with van der Waals surface area (Å²) in [6, 6.07) is 8.68. The van der Waals surface area contributed by atoms with Gasteiger partial charge in [-0.25, -0.2) is 4.68 Å². The van der Waals surface area contributed by atoms with Crippen molar-refractivity contribution in [2.24, 2.45) is 5.92 Å². The molecule has 0 spiro atoms. The minimum Gasteiger partial charge on any atom is -0.399 e. The van der Waals surface area contributed by atoms with Crippen LogP contribution >= 0.6 is 0 Å². The molecule has 0 saturated carbocycles. The third kappa shape index (κ3) is 3.34. The largest absolute Gasteiger partial charge is 0.399 e. The molecule has 2 aromatic rings. The molecule has 100 valence electrons. The van der Waals surface area contributed by atoms with E-state index in [0.717, 1.165) is 6.54 Å². The van der Waals surface area contributed by atoms with Gasteiger partial charge in [0.05, 0.1) is 6.20 Å². The second-order valence-corrected chi connectivity index (χ2v) is 4.87. The summed E-state index contributed by atoms with van der Waals surface area (Å²) in [7, 11) is 0. The van der Waals surface area contributed by atoms with Crippen molar-refractivity contribution in [2.45, 2.75) is 20.4 Å². The number of nitrogen functional groups attached to an aromatic ring is 1. The molecule has 19 heavy (non-hydrogen) atoms. The molecule has 0 fully saturated rings. The molecule has 2 rings (SSSR count). The fourth-order valence-electron chi connectivity index (χ4n) is 1.80. The van der Waals surface area contributed by atoms with Crippen LogP contribution in [0.5, 0.6) is 0 Å². The number of nitrogens with one attached hydrogen (secondary N) is 1. The van der Waals surface area contributed by atoms with Crippen LogP contribution in [0.15, 0.2) is 36.5 Å². The lowest BCUT2D eigenvalue weighted by atomic mass is 10.2. The highest BCUT2D eigenvalue weighted by Gasteiger charge is 2.10. The average molecular weight is 258 g/mol. The zero-order valence-corrected chi connectivity index (χ0v) is 11.1. The van der Waals surface area contributed by atoms with Gasteiger partial charge < -0.3 is 11.1 Å². The fourth-order valence-corrected chi connectivity index (χ4v) is 1.80. The van der Waals surface area contributed by atoms with E-state index in [1.807, 2.05) is 0 Å². The van der Waals surface area contributed by atoms with Crippen LogP contribution in [0, 0.1) is 5.92 Å². The molecule has 3 N–H and O–H groups in total. The average Bonchev–Trinajstić information content (AvgIpc) is 2.75. The number of rotatable bonds is 4. The van der Waals surface area contributed by atoms with Gasteiger partial charge in [0, 0.05) is 23.9 Å². The van der Waals surface area contributed by atoms with Gasteiger partial charge in [-0.2, -0.15) is 5.10 Å². The Morgan fingerprint density at radius 2 is 2.21 bits per heavy atom. The standard InChI is InChI=1S/C14H18N4O/c1-10(2)9-18-13(6-7-16-18)17-14(19)11-4-3-5-12(15)8-11/h3-8,10H,9,15H2,1-2H3,(H,17,19). The first kappa shape index (κ1) is 13.1. The summed E-state index contributed by atoms with van der Waals surface area (Å²) in [5.41, 5.74) is 6.78. The van der Waals surface area contributed by atoms with E-state index in [1.54, 1.807) is 41.2 Å². The van der Waals surface area contributed by atoms with Crippen LogP contribution in [0.2, 0.25) is 0 Å². The Morgan fingerprint density at radius 3 is 2.89 bits per heavy atom. The van der Waals surface area contributed by atoms with Gasteiger partial charge in [-0.3, -0.25) is 4.79 Å². The Morgan fingerprint density at radius 1 is 1.42 bits per heavy atom. The van der Waals surface area contributed by atoms with E-state index in [1.165, 1.54) is 0 Å². The molecule has 0 aliphatic rings. The van der Waals surface area contributed by atoms with Crippen molar-refractivity contribution in [3.05, 3.63) is 42.1 Å². The first-order valence-electron chi connectivity index (χ1n) is 6.25. The molecule has 0 saturated heterocycles. The molecule has 0 unspecified atom stereocenters. The first-order chi connectivity index (χ1) is 9.06. The number of benzene rings is 1. The third-order valence-electron chi connectivity index (χ3n) is 2.65. The monoisotopic (exact) mass is 258 g/mol. The summed E-state index contributed by atoms with van der Waals surface area (Å²) in [4.78, 5) is 12.1. The zero-order chi connectivity index (χ0) is 13.8. The van der Waals surface area contributed by atoms with Crippen molar-refractivity contribution in [1.82, 2.24) is 9.78 Å². The number of nitrogens with two attached hydrogens (primary N) is 1. The minimum atomic E-state index is -0.183. The highest BCUT2D eigenvalue weighted by atomic mass is 16.1. The maximum Gasteiger partial charge on any atom is 0.256 e. The van der Waals surface area contributed by atoms with E-state index in [2.05, 4.69) is 24.3 Å². The molecule has 0 atom stereocenters. The smallest absolute Gasteiger partial charge is 0.256 e. The quantitative estimate of drug-likeness (QED) is 0.827. The summed E-state index contributed by atoms with van der Waals surface area (Å²) in [6.07, 6.45) is 1.68. The van der Waals surface area contributed by atoms with Crippen LogP contribution in [0.4, 0.5) is 11.5 Å². The molecular weight excluding hydrogens is 240 g/mol. The molecule has 1 heterocycles. The number of aromatic nitrogens is 2. The lowest BCUT2D eigenvalue weighted by Crippen LogP contribution is -2.17. The van der Waals surface area contributed by atoms with Crippen molar-refractivity contribution < 1.29 is 4.79 Å². The summed E-state index contributed by atoms with van der Waals surface area (Å²) >= 11 is 0. The topological polar surface area (TPSA) is 72.9 Å². The van der Waals surface area contributed by atoms with E-state index in [9.17, 15) is 4.79 Å². The molecule has 5 nitrogen and oxygen atoms in total. The Hall–Kier alpha value is -2.30. The predicted molar refractivity (Wildman–Crippen MR) is 75.9 cm³/mol. The number of nitrogens with zero attached hydrogens (tertiary/aromatic N) is 2. The summed E-state index contributed by atoms with van der Waals surface area (Å²) < 4.78 is 1.79. The van der Waals surface area contributed by atoms with Crippen LogP contribution in [0.25, 0.3) is 0 Å². The Bertz CT molecular complexity index is 574. The summed E-state index contributed by atoms with van der Waals surface area (Å²) in [5, 5.41) is 7.04. The van der Waals surface area contributed by atoms with Gasteiger partial charge in [0.2, 0.25) is 0 Å². The van der Waals surface area contributed by atoms with E-state index < -0.39 is 0 Å². The number of amides is 1. The Kier molecular flexibility index (Phi) is 3.85. The van der Waals surface area contributed by atoms with E-state index >= 15 is 0 Å². The van der Waals surface area contributed by atoms with Gasteiger partial charge >= 0.3 is 0 Å². The lowest BCUT2D eigenvalue weighted by Gasteiger charge is -2.11. The fraction of sp³-hybridized carbons (Fsp3) is 0.286. The molecular formula is C14H18N4O. The van der Waals surface area contributed by atoms with E-state index in [-0.39, 0.29) is 5.91 Å². The van der Waals surface area contributed by atoms with Crippen molar-refractivity contribution in [1.29, 1.82) is 0 Å². The van der Waals surface area contributed by atoms with Gasteiger partial charge in [-0.15, -0.1) is 0 Å². The van der Waals surface area contributed by atoms with Crippen LogP contribution in [0.1, 0.15) is 24.2 Å². The van der Waals surface area contributed by atoms with Crippen molar-refractivity contribution in [3.63, 3.8) is 0 Å². The number of anilines is 2. The minimum absolute atomic E-state index is 0.183. The molecule has 1 aromatic heterocycles. The van der Waals surface area contributed by atoms with Gasteiger partial charge in [0.15, 0.2) is 0 Å². The van der Waals surface area contributed by atoms with Crippen molar-refractivity contribution in [2.75, 3.05) is 11.1 Å². The van der Waals surface area contributed by atoms with Gasteiger partial charge in [0.1, 0.15) is 5.82 Å². The first-order valence-corrected chi connectivity index (χ1v) is 6.25.